The van der Waals surface area contributed by atoms with Gasteiger partial charge in [0.25, 0.3) is 0 Å². The Balaban J connectivity index is 2.05. The topological polar surface area (TPSA) is 135 Å². The van der Waals surface area contributed by atoms with Crippen molar-refractivity contribution < 1.29 is 35.1 Å². The fraction of sp³-hybridized carbons (Fsp3) is 0.300. The van der Waals surface area contributed by atoms with Crippen LogP contribution in [0.3, 0.4) is 0 Å². The number of aliphatic hydroxyl groups is 2. The normalized spacial score (nSPS) is 23.6. The summed E-state index contributed by atoms with van der Waals surface area (Å²) in [6.45, 7) is 1.68. The van der Waals surface area contributed by atoms with E-state index in [0.29, 0.717) is 0 Å². The number of phenolic OH excluding ortho intramolecular Hbond substituents is 3. The first-order chi connectivity index (χ1) is 12.7. The molecule has 0 amide bonds. The fourth-order valence-corrected chi connectivity index (χ4v) is 4.13. The van der Waals surface area contributed by atoms with Gasteiger partial charge in [-0.2, -0.15) is 0 Å². The Bertz CT molecular complexity index is 1020. The summed E-state index contributed by atoms with van der Waals surface area (Å²) in [4.78, 5) is 25.8. The van der Waals surface area contributed by atoms with Crippen LogP contribution in [0.15, 0.2) is 18.2 Å². The fourth-order valence-electron chi connectivity index (χ4n) is 4.13. The number of carbonyl (C=O) groups is 2. The third-order valence-electron chi connectivity index (χ3n) is 5.76. The minimum absolute atomic E-state index is 0.0989. The van der Waals surface area contributed by atoms with Crippen LogP contribution in [-0.2, 0) is 6.42 Å². The molecule has 0 fully saturated rings. The van der Waals surface area contributed by atoms with Gasteiger partial charge in [-0.15, -0.1) is 0 Å². The van der Waals surface area contributed by atoms with Gasteiger partial charge in [0.1, 0.15) is 23.4 Å². The number of phenols is 3. The first-order valence-corrected chi connectivity index (χ1v) is 8.65. The van der Waals surface area contributed by atoms with E-state index in [9.17, 15) is 35.1 Å². The molecule has 0 spiro atoms. The van der Waals surface area contributed by atoms with E-state index < -0.39 is 46.1 Å². The lowest BCUT2D eigenvalue weighted by Gasteiger charge is -2.39. The highest BCUT2D eigenvalue weighted by Gasteiger charge is 2.46. The molecule has 0 saturated carbocycles. The molecule has 140 valence electrons. The van der Waals surface area contributed by atoms with Crippen LogP contribution < -0.4 is 0 Å². The second-order valence-corrected chi connectivity index (χ2v) is 7.06. The highest BCUT2D eigenvalue weighted by atomic mass is 16.3. The predicted octanol–water partition coefficient (Wildman–Crippen LogP) is 1.70. The summed E-state index contributed by atoms with van der Waals surface area (Å²) in [5.74, 6) is -3.05. The molecule has 0 aliphatic heterocycles. The Morgan fingerprint density at radius 3 is 2.37 bits per heavy atom. The summed E-state index contributed by atoms with van der Waals surface area (Å²) in [6.07, 6.45) is -1.09. The van der Waals surface area contributed by atoms with Gasteiger partial charge in [0, 0.05) is 16.7 Å². The zero-order valence-corrected chi connectivity index (χ0v) is 14.5. The Kier molecular flexibility index (Phi) is 3.60. The number of ketones is 2. The lowest BCUT2D eigenvalue weighted by Crippen LogP contribution is -2.40. The van der Waals surface area contributed by atoms with Gasteiger partial charge in [0.2, 0.25) is 5.78 Å². The number of rotatable bonds is 1. The summed E-state index contributed by atoms with van der Waals surface area (Å²) in [5.41, 5.74) is -2.66. The van der Waals surface area contributed by atoms with E-state index >= 15 is 0 Å². The lowest BCUT2D eigenvalue weighted by molar-refractivity contribution is -0.0921. The largest absolute Gasteiger partial charge is 0.507 e. The van der Waals surface area contributed by atoms with Crippen LogP contribution in [0.25, 0.3) is 0 Å². The zero-order valence-electron chi connectivity index (χ0n) is 14.5. The van der Waals surface area contributed by atoms with Crippen molar-refractivity contribution >= 4 is 11.6 Å². The van der Waals surface area contributed by atoms with Crippen LogP contribution >= 0.6 is 0 Å². The first kappa shape index (κ1) is 17.5. The van der Waals surface area contributed by atoms with Gasteiger partial charge >= 0.3 is 0 Å². The number of fused-ring (bicyclic) bond motifs is 3. The molecule has 0 heterocycles. The predicted molar refractivity (Wildman–Crippen MR) is 93.3 cm³/mol. The molecule has 4 rings (SSSR count). The Hall–Kier alpha value is -2.90. The van der Waals surface area contributed by atoms with Crippen molar-refractivity contribution in [3.8, 4) is 17.2 Å². The highest BCUT2D eigenvalue weighted by Crippen LogP contribution is 2.51. The van der Waals surface area contributed by atoms with Crippen molar-refractivity contribution in [2.24, 2.45) is 0 Å². The van der Waals surface area contributed by atoms with Crippen molar-refractivity contribution in [2.75, 3.05) is 0 Å². The number of carbonyl (C=O) groups excluding carboxylic acids is 2. The highest BCUT2D eigenvalue weighted by molar-refractivity contribution is 6.31. The van der Waals surface area contributed by atoms with Gasteiger partial charge in [0.15, 0.2) is 5.78 Å². The number of hydrogen-bond donors (Lipinski definition) is 5. The zero-order chi connectivity index (χ0) is 19.7. The van der Waals surface area contributed by atoms with Gasteiger partial charge in [0.05, 0.1) is 22.3 Å². The second kappa shape index (κ2) is 5.55. The van der Waals surface area contributed by atoms with Crippen LogP contribution in [0.5, 0.6) is 17.2 Å². The smallest absolute Gasteiger partial charge is 0.202 e. The van der Waals surface area contributed by atoms with E-state index in [2.05, 4.69) is 0 Å². The van der Waals surface area contributed by atoms with E-state index in [1.807, 2.05) is 0 Å². The van der Waals surface area contributed by atoms with E-state index in [4.69, 9.17) is 0 Å². The molecule has 0 radical (unpaired) electrons. The molecule has 2 aliphatic rings. The molecule has 0 saturated heterocycles. The number of aliphatic hydroxyl groups excluding tert-OH is 1. The van der Waals surface area contributed by atoms with Crippen molar-refractivity contribution in [3.63, 3.8) is 0 Å². The first-order valence-electron chi connectivity index (χ1n) is 8.65. The second-order valence-electron chi connectivity index (χ2n) is 7.06. The molecular weight excluding hydrogens is 352 g/mol. The number of aromatic hydroxyl groups is 3. The minimum Gasteiger partial charge on any atom is -0.507 e. The average molecular weight is 370 g/mol. The van der Waals surface area contributed by atoms with E-state index in [-0.39, 0.29) is 47.1 Å². The molecule has 0 bridgehead atoms. The molecule has 1 unspecified atom stereocenters. The van der Waals surface area contributed by atoms with Crippen LogP contribution in [0.1, 0.15) is 68.8 Å². The Morgan fingerprint density at radius 1 is 1.04 bits per heavy atom. The average Bonchev–Trinajstić information content (AvgIpc) is 2.64. The molecule has 2 aliphatic carbocycles. The Morgan fingerprint density at radius 2 is 1.70 bits per heavy atom. The van der Waals surface area contributed by atoms with E-state index in [0.717, 1.165) is 0 Å². The van der Waals surface area contributed by atoms with E-state index in [1.54, 1.807) is 6.92 Å². The van der Waals surface area contributed by atoms with Crippen LogP contribution in [0, 0.1) is 0 Å². The minimum atomic E-state index is -1.52. The molecule has 2 aromatic carbocycles. The van der Waals surface area contributed by atoms with Gasteiger partial charge < -0.3 is 25.5 Å². The van der Waals surface area contributed by atoms with Gasteiger partial charge in [-0.1, -0.05) is 19.1 Å². The van der Waals surface area contributed by atoms with Crippen molar-refractivity contribution in [2.45, 2.75) is 37.9 Å². The maximum absolute atomic E-state index is 12.9. The summed E-state index contributed by atoms with van der Waals surface area (Å²) in [5, 5.41) is 52.7. The quantitative estimate of drug-likeness (QED) is 0.411. The molecule has 7 heteroatoms. The van der Waals surface area contributed by atoms with Crippen LogP contribution in [0.4, 0.5) is 0 Å². The molecular formula is C20H18O7. The summed E-state index contributed by atoms with van der Waals surface area (Å²) in [7, 11) is 0. The Labute approximate surface area is 154 Å². The molecule has 2 aromatic rings. The SMILES string of the molecule is CCC1(O)CCc2c(O)c3c(c(O)c2[C@H]1O)C(=O)c1cccc(O)c1C3=O. The van der Waals surface area contributed by atoms with Crippen LogP contribution in [-0.4, -0.2) is 42.7 Å². The lowest BCUT2D eigenvalue weighted by atomic mass is 9.72. The van der Waals surface area contributed by atoms with Gasteiger partial charge in [-0.05, 0) is 25.3 Å². The maximum Gasteiger partial charge on any atom is 0.202 e. The molecule has 0 aromatic heterocycles. The van der Waals surface area contributed by atoms with Gasteiger partial charge in [-0.3, -0.25) is 9.59 Å². The molecule has 2 atom stereocenters. The van der Waals surface area contributed by atoms with Crippen molar-refractivity contribution in [3.05, 3.63) is 51.6 Å². The van der Waals surface area contributed by atoms with Crippen LogP contribution in [0.2, 0.25) is 0 Å². The standard InChI is InChI=1S/C20H18O7/c1-2-20(27)7-6-9-12(19(20)26)18(25)14-13(16(9)23)17(24)11-8(15(14)22)4-3-5-10(11)21/h3-5,19,21,23,25-27H,2,6-7H2,1H3/t19-,20?/m1/s1. The monoisotopic (exact) mass is 370 g/mol. The summed E-state index contributed by atoms with van der Waals surface area (Å²) in [6, 6.07) is 3.99. The molecule has 5 N–H and O–H groups in total. The number of hydrogen-bond acceptors (Lipinski definition) is 7. The third kappa shape index (κ3) is 2.09. The van der Waals surface area contributed by atoms with Crippen molar-refractivity contribution in [1.82, 2.24) is 0 Å². The van der Waals surface area contributed by atoms with Crippen molar-refractivity contribution in [1.29, 1.82) is 0 Å². The maximum atomic E-state index is 12.9. The van der Waals surface area contributed by atoms with Gasteiger partial charge in [-0.25, -0.2) is 0 Å². The molecule has 7 nitrogen and oxygen atoms in total. The number of benzene rings is 2. The summed E-state index contributed by atoms with van der Waals surface area (Å²) < 4.78 is 0. The third-order valence-corrected chi connectivity index (χ3v) is 5.76. The summed E-state index contributed by atoms with van der Waals surface area (Å²) >= 11 is 0. The molecule has 27 heavy (non-hydrogen) atoms. The van der Waals surface area contributed by atoms with E-state index in [1.165, 1.54) is 18.2 Å².